The zero-order valence-corrected chi connectivity index (χ0v) is 13.0. The van der Waals surface area contributed by atoms with Crippen LogP contribution in [0.2, 0.25) is 0 Å². The van der Waals surface area contributed by atoms with E-state index in [1.807, 2.05) is 30.3 Å². The molecule has 0 unspecified atom stereocenters. The fourth-order valence-corrected chi connectivity index (χ4v) is 2.74. The molecule has 0 amide bonds. The third kappa shape index (κ3) is 4.82. The second kappa shape index (κ2) is 7.68. The van der Waals surface area contributed by atoms with Crippen molar-refractivity contribution in [3.8, 4) is 5.75 Å². The Balaban J connectivity index is 1.70. The molecule has 1 aliphatic rings. The molecule has 0 heterocycles. The Morgan fingerprint density at radius 1 is 1.15 bits per heavy atom. The molecule has 0 aromatic heterocycles. The van der Waals surface area contributed by atoms with Gasteiger partial charge in [0.2, 0.25) is 0 Å². The Labute approximate surface area is 123 Å². The Hall–Kier alpha value is -1.02. The predicted molar refractivity (Wildman–Crippen MR) is 85.2 cm³/mol. The van der Waals surface area contributed by atoms with Gasteiger partial charge in [-0.05, 0) is 56.1 Å². The van der Waals surface area contributed by atoms with E-state index in [2.05, 4.69) is 19.2 Å². The highest BCUT2D eigenvalue weighted by Gasteiger charge is 2.29. The van der Waals surface area contributed by atoms with Gasteiger partial charge in [0.25, 0.3) is 0 Å². The van der Waals surface area contributed by atoms with E-state index in [0.29, 0.717) is 5.41 Å². The Bertz CT molecular complexity index is 368. The van der Waals surface area contributed by atoms with Crippen molar-refractivity contribution in [2.24, 2.45) is 5.41 Å². The predicted octanol–water partition coefficient (Wildman–Crippen LogP) is 4.40. The van der Waals surface area contributed by atoms with Gasteiger partial charge in [-0.2, -0.15) is 0 Å². The number of hydrogen-bond acceptors (Lipinski definition) is 2. The van der Waals surface area contributed by atoms with Gasteiger partial charge in [-0.25, -0.2) is 0 Å². The molecule has 1 N–H and O–H groups in total. The molecule has 1 fully saturated rings. The highest BCUT2D eigenvalue weighted by atomic mass is 16.5. The second-order valence-corrected chi connectivity index (χ2v) is 6.13. The van der Waals surface area contributed by atoms with Gasteiger partial charge in [0.05, 0.1) is 6.61 Å². The van der Waals surface area contributed by atoms with Crippen molar-refractivity contribution in [2.45, 2.75) is 58.4 Å². The summed E-state index contributed by atoms with van der Waals surface area (Å²) in [5.41, 5.74) is 0.461. The topological polar surface area (TPSA) is 21.3 Å². The number of benzene rings is 1. The van der Waals surface area contributed by atoms with E-state index >= 15 is 0 Å². The van der Waals surface area contributed by atoms with Crippen LogP contribution in [0.1, 0.15) is 52.4 Å². The lowest BCUT2D eigenvalue weighted by atomic mass is 9.78. The number of rotatable bonds is 10. The molecule has 0 saturated heterocycles. The van der Waals surface area contributed by atoms with Crippen molar-refractivity contribution < 1.29 is 4.74 Å². The van der Waals surface area contributed by atoms with Crippen molar-refractivity contribution in [1.29, 1.82) is 0 Å². The summed E-state index contributed by atoms with van der Waals surface area (Å²) in [4.78, 5) is 0. The minimum Gasteiger partial charge on any atom is -0.494 e. The Morgan fingerprint density at radius 3 is 2.45 bits per heavy atom. The van der Waals surface area contributed by atoms with Crippen LogP contribution in [0.25, 0.3) is 0 Å². The highest BCUT2D eigenvalue weighted by Crippen LogP contribution is 2.32. The van der Waals surface area contributed by atoms with Gasteiger partial charge in [0.1, 0.15) is 5.75 Å². The van der Waals surface area contributed by atoms with Crippen LogP contribution in [-0.4, -0.2) is 19.2 Å². The van der Waals surface area contributed by atoms with E-state index in [1.165, 1.54) is 38.6 Å². The van der Waals surface area contributed by atoms with Gasteiger partial charge < -0.3 is 10.1 Å². The van der Waals surface area contributed by atoms with Crippen molar-refractivity contribution in [1.82, 2.24) is 5.32 Å². The van der Waals surface area contributed by atoms with Crippen molar-refractivity contribution >= 4 is 0 Å². The normalized spacial score (nSPS) is 15.3. The first kappa shape index (κ1) is 15.4. The zero-order chi connectivity index (χ0) is 14.3. The first-order valence-electron chi connectivity index (χ1n) is 8.19. The maximum atomic E-state index is 5.81. The van der Waals surface area contributed by atoms with E-state index in [-0.39, 0.29) is 0 Å². The number of ether oxygens (including phenoxy) is 1. The summed E-state index contributed by atoms with van der Waals surface area (Å²) in [5.74, 6) is 0.988. The molecule has 1 aliphatic carbocycles. The number of para-hydroxylation sites is 1. The van der Waals surface area contributed by atoms with Crippen LogP contribution >= 0.6 is 0 Å². The van der Waals surface area contributed by atoms with Crippen LogP contribution in [0.15, 0.2) is 30.3 Å². The molecule has 2 nitrogen and oxygen atoms in total. The Kier molecular flexibility index (Phi) is 5.90. The third-order valence-electron chi connectivity index (χ3n) is 4.71. The SMILES string of the molecule is CCC(CC)(CCCOc1ccccc1)CNC1CC1. The van der Waals surface area contributed by atoms with Gasteiger partial charge in [0, 0.05) is 12.6 Å². The van der Waals surface area contributed by atoms with Gasteiger partial charge >= 0.3 is 0 Å². The lowest BCUT2D eigenvalue weighted by Gasteiger charge is -2.32. The molecule has 1 aromatic rings. The monoisotopic (exact) mass is 275 g/mol. The minimum absolute atomic E-state index is 0.461. The van der Waals surface area contributed by atoms with E-state index in [1.54, 1.807) is 0 Å². The minimum atomic E-state index is 0.461. The van der Waals surface area contributed by atoms with E-state index in [4.69, 9.17) is 4.74 Å². The maximum absolute atomic E-state index is 5.81. The van der Waals surface area contributed by atoms with E-state index in [0.717, 1.165) is 24.8 Å². The second-order valence-electron chi connectivity index (χ2n) is 6.13. The molecule has 112 valence electrons. The summed E-state index contributed by atoms with van der Waals surface area (Å²) in [6.45, 7) is 6.66. The third-order valence-corrected chi connectivity index (χ3v) is 4.71. The van der Waals surface area contributed by atoms with Gasteiger partial charge in [-0.1, -0.05) is 32.0 Å². The summed E-state index contributed by atoms with van der Waals surface area (Å²) in [6.07, 6.45) is 7.67. The molecule has 0 bridgehead atoms. The molecule has 1 saturated carbocycles. The van der Waals surface area contributed by atoms with Crippen LogP contribution in [0.4, 0.5) is 0 Å². The number of nitrogens with one attached hydrogen (secondary N) is 1. The van der Waals surface area contributed by atoms with Crippen LogP contribution in [-0.2, 0) is 0 Å². The fraction of sp³-hybridized carbons (Fsp3) is 0.667. The van der Waals surface area contributed by atoms with E-state index < -0.39 is 0 Å². The molecule has 1 aromatic carbocycles. The maximum Gasteiger partial charge on any atom is 0.119 e. The first-order valence-corrected chi connectivity index (χ1v) is 8.19. The van der Waals surface area contributed by atoms with Gasteiger partial charge in [-0.15, -0.1) is 0 Å². The quantitative estimate of drug-likeness (QED) is 0.639. The lowest BCUT2D eigenvalue weighted by Crippen LogP contribution is -2.35. The first-order chi connectivity index (χ1) is 9.78. The average molecular weight is 275 g/mol. The van der Waals surface area contributed by atoms with Crippen LogP contribution in [0, 0.1) is 5.41 Å². The van der Waals surface area contributed by atoms with Gasteiger partial charge in [0.15, 0.2) is 0 Å². The molecule has 0 atom stereocenters. The molecule has 0 radical (unpaired) electrons. The number of hydrogen-bond donors (Lipinski definition) is 1. The van der Waals surface area contributed by atoms with Crippen LogP contribution < -0.4 is 10.1 Å². The fourth-order valence-electron chi connectivity index (χ4n) is 2.74. The average Bonchev–Trinajstić information content (AvgIpc) is 3.33. The molecular formula is C18H29NO. The molecule has 2 heteroatoms. The molecule has 0 spiro atoms. The summed E-state index contributed by atoms with van der Waals surface area (Å²) >= 11 is 0. The molecule has 20 heavy (non-hydrogen) atoms. The van der Waals surface area contributed by atoms with Crippen molar-refractivity contribution in [3.05, 3.63) is 30.3 Å². The zero-order valence-electron chi connectivity index (χ0n) is 13.0. The smallest absolute Gasteiger partial charge is 0.119 e. The summed E-state index contributed by atoms with van der Waals surface area (Å²) in [5, 5.41) is 3.72. The molecule has 0 aliphatic heterocycles. The molecular weight excluding hydrogens is 246 g/mol. The summed E-state index contributed by atoms with van der Waals surface area (Å²) in [6, 6.07) is 10.9. The lowest BCUT2D eigenvalue weighted by molar-refractivity contribution is 0.198. The highest BCUT2D eigenvalue weighted by molar-refractivity contribution is 5.20. The molecule has 2 rings (SSSR count). The van der Waals surface area contributed by atoms with Crippen molar-refractivity contribution in [3.63, 3.8) is 0 Å². The summed E-state index contributed by atoms with van der Waals surface area (Å²) in [7, 11) is 0. The van der Waals surface area contributed by atoms with Gasteiger partial charge in [-0.3, -0.25) is 0 Å². The summed E-state index contributed by atoms with van der Waals surface area (Å²) < 4.78 is 5.81. The van der Waals surface area contributed by atoms with Crippen LogP contribution in [0.5, 0.6) is 5.75 Å². The Morgan fingerprint density at radius 2 is 1.85 bits per heavy atom. The van der Waals surface area contributed by atoms with Crippen LogP contribution in [0.3, 0.4) is 0 Å². The standard InChI is InChI=1S/C18H29NO/c1-3-18(4-2,15-19-16-11-12-16)13-8-14-20-17-9-6-5-7-10-17/h5-7,9-10,16,19H,3-4,8,11-15H2,1-2H3. The largest absolute Gasteiger partial charge is 0.494 e. The van der Waals surface area contributed by atoms with E-state index in [9.17, 15) is 0 Å². The van der Waals surface area contributed by atoms with Crippen molar-refractivity contribution in [2.75, 3.05) is 13.2 Å².